The normalized spacial score (nSPS) is 11.1. The molecule has 208 valence electrons. The molecule has 0 spiro atoms. The average Bonchev–Trinajstić information content (AvgIpc) is 2.84. The zero-order valence-electron chi connectivity index (χ0n) is 21.1. The Morgan fingerprint density at radius 1 is 0.486 bits per heavy atom. The second kappa shape index (κ2) is 29.2. The fourth-order valence-corrected chi connectivity index (χ4v) is 2.87. The number of carbonyl (C=O) groups is 2. The third-order valence-corrected chi connectivity index (χ3v) is 4.81. The molecular weight excluding hydrogens is 484 g/mol. The van der Waals surface area contributed by atoms with Gasteiger partial charge in [-0.25, -0.2) is 0 Å². The Balaban J connectivity index is 3.10. The number of hydrogen-bond donors (Lipinski definition) is 1. The number of carboxylic acids is 1. The Morgan fingerprint density at radius 3 is 1.34 bits per heavy atom. The number of esters is 1. The van der Waals surface area contributed by atoms with Crippen LogP contribution in [0.4, 0.5) is 0 Å². The molecule has 0 rings (SSSR count). The summed E-state index contributed by atoms with van der Waals surface area (Å²) in [6.07, 6.45) is 5.73. The van der Waals surface area contributed by atoms with Crippen molar-refractivity contribution < 1.29 is 47.9 Å². The first-order valence-corrected chi connectivity index (χ1v) is 13.1. The first-order chi connectivity index (χ1) is 17.2. The Hall–Kier alpha value is -1.01. The van der Waals surface area contributed by atoms with Gasteiger partial charge in [0.05, 0.1) is 72.7 Å². The lowest BCUT2D eigenvalue weighted by atomic mass is 10.2. The van der Waals surface area contributed by atoms with Crippen molar-refractivity contribution in [2.75, 3.05) is 91.8 Å². The maximum absolute atomic E-state index is 11.4. The number of unbranched alkanes of at least 4 members (excludes halogenated alkanes) is 4. The second-order valence-corrected chi connectivity index (χ2v) is 7.98. The smallest absolute Gasteiger partial charge is 0.305 e. The number of carbonyl (C=O) groups excluding carboxylic acids is 1. The number of halogens is 1. The van der Waals surface area contributed by atoms with Crippen LogP contribution < -0.4 is 0 Å². The molecule has 0 amide bonds. The van der Waals surface area contributed by atoms with Gasteiger partial charge >= 0.3 is 11.9 Å². The van der Waals surface area contributed by atoms with Gasteiger partial charge in [0.25, 0.3) is 0 Å². The average molecular weight is 529 g/mol. The van der Waals surface area contributed by atoms with Crippen molar-refractivity contribution in [1.29, 1.82) is 0 Å². The Labute approximate surface area is 214 Å². The number of carboxylic acid groups (broad SMARTS) is 1. The standard InChI is InChI=1S/C24H45ClO10/c25-9-5-1-2-6-10-29-11-12-30-13-14-31-15-16-32-17-18-33-19-20-34-21-22-35-24(28)8-4-3-7-23(26)27/h1-22H2,(H,26,27). The zero-order valence-corrected chi connectivity index (χ0v) is 21.8. The van der Waals surface area contributed by atoms with E-state index in [0.717, 1.165) is 38.2 Å². The third kappa shape index (κ3) is 31.0. The summed E-state index contributed by atoms with van der Waals surface area (Å²) in [6, 6.07) is 0. The molecule has 0 radical (unpaired) electrons. The van der Waals surface area contributed by atoms with E-state index in [2.05, 4.69) is 0 Å². The Morgan fingerprint density at radius 2 is 0.886 bits per heavy atom. The van der Waals surface area contributed by atoms with E-state index in [0.29, 0.717) is 85.5 Å². The predicted octanol–water partition coefficient (Wildman–Crippen LogP) is 3.07. The molecule has 0 saturated heterocycles. The highest BCUT2D eigenvalue weighted by Crippen LogP contribution is 2.02. The van der Waals surface area contributed by atoms with Crippen LogP contribution in [0, 0.1) is 0 Å². The van der Waals surface area contributed by atoms with Crippen molar-refractivity contribution in [3.63, 3.8) is 0 Å². The second-order valence-electron chi connectivity index (χ2n) is 7.60. The van der Waals surface area contributed by atoms with E-state index in [1.165, 1.54) is 0 Å². The van der Waals surface area contributed by atoms with Crippen molar-refractivity contribution in [2.45, 2.75) is 51.4 Å². The third-order valence-electron chi connectivity index (χ3n) is 4.54. The van der Waals surface area contributed by atoms with Crippen LogP contribution in [0.3, 0.4) is 0 Å². The molecule has 0 atom stereocenters. The van der Waals surface area contributed by atoms with E-state index in [1.807, 2.05) is 0 Å². The van der Waals surface area contributed by atoms with Gasteiger partial charge in [-0.15, -0.1) is 11.6 Å². The summed E-state index contributed by atoms with van der Waals surface area (Å²) in [6.45, 7) is 6.25. The van der Waals surface area contributed by atoms with E-state index in [4.69, 9.17) is 49.9 Å². The van der Waals surface area contributed by atoms with E-state index in [1.54, 1.807) is 0 Å². The highest BCUT2D eigenvalue weighted by atomic mass is 35.5. The molecule has 11 heteroatoms. The number of ether oxygens (including phenoxy) is 7. The summed E-state index contributed by atoms with van der Waals surface area (Å²) in [5.41, 5.74) is 0. The van der Waals surface area contributed by atoms with E-state index >= 15 is 0 Å². The minimum absolute atomic E-state index is 0.0679. The monoisotopic (exact) mass is 528 g/mol. The summed E-state index contributed by atoms with van der Waals surface area (Å²) >= 11 is 5.63. The Bertz CT molecular complexity index is 468. The molecule has 0 unspecified atom stereocenters. The van der Waals surface area contributed by atoms with Crippen LogP contribution in [0.2, 0.25) is 0 Å². The number of aliphatic carboxylic acids is 1. The van der Waals surface area contributed by atoms with Crippen molar-refractivity contribution >= 4 is 23.5 Å². The molecule has 0 aliphatic rings. The van der Waals surface area contributed by atoms with Crippen molar-refractivity contribution in [3.05, 3.63) is 0 Å². The molecule has 0 aromatic rings. The van der Waals surface area contributed by atoms with E-state index in [-0.39, 0.29) is 25.4 Å². The summed E-state index contributed by atoms with van der Waals surface area (Å²) in [5, 5.41) is 8.52. The molecule has 0 heterocycles. The van der Waals surface area contributed by atoms with Gasteiger partial charge in [-0.3, -0.25) is 9.59 Å². The van der Waals surface area contributed by atoms with Crippen molar-refractivity contribution in [3.8, 4) is 0 Å². The van der Waals surface area contributed by atoms with Gasteiger partial charge in [0.1, 0.15) is 6.61 Å². The van der Waals surface area contributed by atoms with Crippen LogP contribution in [0.1, 0.15) is 51.4 Å². The fraction of sp³-hybridized carbons (Fsp3) is 0.917. The molecule has 0 fully saturated rings. The van der Waals surface area contributed by atoms with Gasteiger partial charge < -0.3 is 38.3 Å². The van der Waals surface area contributed by atoms with E-state index in [9.17, 15) is 9.59 Å². The van der Waals surface area contributed by atoms with Crippen LogP contribution in [0.5, 0.6) is 0 Å². The van der Waals surface area contributed by atoms with Gasteiger partial charge in [0, 0.05) is 25.3 Å². The largest absolute Gasteiger partial charge is 0.481 e. The van der Waals surface area contributed by atoms with Gasteiger partial charge in [-0.1, -0.05) is 12.8 Å². The lowest BCUT2D eigenvalue weighted by Gasteiger charge is -2.08. The molecular formula is C24H45ClO10. The van der Waals surface area contributed by atoms with Crippen LogP contribution in [-0.4, -0.2) is 109 Å². The van der Waals surface area contributed by atoms with Gasteiger partial charge in [-0.05, 0) is 25.7 Å². The lowest BCUT2D eigenvalue weighted by molar-refractivity contribution is -0.146. The van der Waals surface area contributed by atoms with Gasteiger partial charge in [0.2, 0.25) is 0 Å². The fourth-order valence-electron chi connectivity index (χ4n) is 2.69. The highest BCUT2D eigenvalue weighted by Gasteiger charge is 2.04. The topological polar surface area (TPSA) is 119 Å². The molecule has 0 bridgehead atoms. The first-order valence-electron chi connectivity index (χ1n) is 12.6. The molecule has 10 nitrogen and oxygen atoms in total. The SMILES string of the molecule is O=C(O)CCCCC(=O)OCCOCCOCCOCCOCCOCCOCCCCCCCl. The quantitative estimate of drug-likeness (QED) is 0.0880. The van der Waals surface area contributed by atoms with Crippen molar-refractivity contribution in [1.82, 2.24) is 0 Å². The predicted molar refractivity (Wildman–Crippen MR) is 131 cm³/mol. The number of hydrogen-bond acceptors (Lipinski definition) is 9. The number of rotatable bonds is 29. The summed E-state index contributed by atoms with van der Waals surface area (Å²) in [4.78, 5) is 21.8. The maximum Gasteiger partial charge on any atom is 0.305 e. The first kappa shape index (κ1) is 34.0. The minimum Gasteiger partial charge on any atom is -0.481 e. The molecule has 0 aliphatic heterocycles. The lowest BCUT2D eigenvalue weighted by Crippen LogP contribution is -2.15. The van der Waals surface area contributed by atoms with Gasteiger partial charge in [0.15, 0.2) is 0 Å². The molecule has 0 aliphatic carbocycles. The minimum atomic E-state index is -0.857. The van der Waals surface area contributed by atoms with Crippen LogP contribution in [0.15, 0.2) is 0 Å². The van der Waals surface area contributed by atoms with Gasteiger partial charge in [-0.2, -0.15) is 0 Å². The number of alkyl halides is 1. The molecule has 1 N–H and O–H groups in total. The molecule has 0 saturated carbocycles. The summed E-state index contributed by atoms with van der Waals surface area (Å²) in [5.74, 6) is -0.460. The molecule has 0 aromatic carbocycles. The zero-order chi connectivity index (χ0) is 25.7. The molecule has 0 aromatic heterocycles. The molecule has 35 heavy (non-hydrogen) atoms. The maximum atomic E-state index is 11.4. The van der Waals surface area contributed by atoms with E-state index < -0.39 is 5.97 Å². The van der Waals surface area contributed by atoms with Crippen LogP contribution in [-0.2, 0) is 42.7 Å². The summed E-state index contributed by atoms with van der Waals surface area (Å²) in [7, 11) is 0. The van der Waals surface area contributed by atoms with Crippen LogP contribution in [0.25, 0.3) is 0 Å². The highest BCUT2D eigenvalue weighted by molar-refractivity contribution is 6.17. The summed E-state index contributed by atoms with van der Waals surface area (Å²) < 4.78 is 37.5. The van der Waals surface area contributed by atoms with Crippen molar-refractivity contribution in [2.24, 2.45) is 0 Å². The Kier molecular flexibility index (Phi) is 28.4. The van der Waals surface area contributed by atoms with Crippen LogP contribution >= 0.6 is 11.6 Å².